The van der Waals surface area contributed by atoms with Crippen LogP contribution in [-0.2, 0) is 4.79 Å². The van der Waals surface area contributed by atoms with Gasteiger partial charge in [0.15, 0.2) is 17.6 Å². The predicted octanol–water partition coefficient (Wildman–Crippen LogP) is 3.89. The number of amides is 1. The van der Waals surface area contributed by atoms with Crippen molar-refractivity contribution in [3.05, 3.63) is 48.5 Å². The van der Waals surface area contributed by atoms with E-state index in [1.807, 2.05) is 44.2 Å². The van der Waals surface area contributed by atoms with Crippen LogP contribution in [0.5, 0.6) is 17.2 Å². The Kier molecular flexibility index (Phi) is 6.49. The van der Waals surface area contributed by atoms with Crippen molar-refractivity contribution in [2.24, 2.45) is 0 Å². The van der Waals surface area contributed by atoms with Gasteiger partial charge >= 0.3 is 0 Å². The van der Waals surface area contributed by atoms with Crippen molar-refractivity contribution in [1.29, 1.82) is 0 Å². The maximum Gasteiger partial charge on any atom is 0.265 e. The van der Waals surface area contributed by atoms with Crippen LogP contribution in [0.2, 0.25) is 0 Å². The predicted molar refractivity (Wildman–Crippen MR) is 93.9 cm³/mol. The van der Waals surface area contributed by atoms with Crippen LogP contribution in [0.3, 0.4) is 0 Å². The van der Waals surface area contributed by atoms with Crippen molar-refractivity contribution in [2.45, 2.75) is 26.4 Å². The lowest BCUT2D eigenvalue weighted by Gasteiger charge is -2.19. The van der Waals surface area contributed by atoms with Gasteiger partial charge in [-0.05, 0) is 37.6 Å². The summed E-state index contributed by atoms with van der Waals surface area (Å²) < 4.78 is 16.5. The van der Waals surface area contributed by atoms with Crippen molar-refractivity contribution in [3.63, 3.8) is 0 Å². The van der Waals surface area contributed by atoms with Gasteiger partial charge in [-0.2, -0.15) is 0 Å². The fourth-order valence-electron chi connectivity index (χ4n) is 2.24. The highest BCUT2D eigenvalue weighted by Gasteiger charge is 2.20. The molecule has 0 aliphatic heterocycles. The number of ether oxygens (including phenoxy) is 3. The van der Waals surface area contributed by atoms with Gasteiger partial charge in [0, 0.05) is 11.8 Å². The van der Waals surface area contributed by atoms with Gasteiger partial charge in [0.05, 0.1) is 13.7 Å². The highest BCUT2D eigenvalue weighted by Crippen LogP contribution is 2.27. The first-order valence-corrected chi connectivity index (χ1v) is 8.01. The Hall–Kier alpha value is -2.69. The first-order valence-electron chi connectivity index (χ1n) is 8.01. The van der Waals surface area contributed by atoms with Crippen LogP contribution in [0.4, 0.5) is 5.69 Å². The Morgan fingerprint density at radius 2 is 1.83 bits per heavy atom. The lowest BCUT2D eigenvalue weighted by molar-refractivity contribution is -0.122. The third-order valence-electron chi connectivity index (χ3n) is 3.41. The van der Waals surface area contributed by atoms with Gasteiger partial charge in [0.2, 0.25) is 0 Å². The molecule has 0 unspecified atom stereocenters. The average molecular weight is 329 g/mol. The molecule has 1 atom stereocenters. The van der Waals surface area contributed by atoms with Gasteiger partial charge in [-0.25, -0.2) is 0 Å². The largest absolute Gasteiger partial charge is 0.494 e. The van der Waals surface area contributed by atoms with Crippen LogP contribution in [0.1, 0.15) is 20.3 Å². The molecule has 128 valence electrons. The summed E-state index contributed by atoms with van der Waals surface area (Å²) >= 11 is 0. The van der Waals surface area contributed by atoms with Crippen LogP contribution in [0.25, 0.3) is 0 Å². The van der Waals surface area contributed by atoms with Crippen LogP contribution >= 0.6 is 0 Å². The molecule has 24 heavy (non-hydrogen) atoms. The van der Waals surface area contributed by atoms with Crippen LogP contribution < -0.4 is 19.5 Å². The van der Waals surface area contributed by atoms with Gasteiger partial charge in [-0.15, -0.1) is 0 Å². The zero-order valence-electron chi connectivity index (χ0n) is 14.2. The third-order valence-corrected chi connectivity index (χ3v) is 3.41. The zero-order chi connectivity index (χ0) is 17.4. The molecular formula is C19H23NO4. The molecule has 2 aromatic rings. The first-order chi connectivity index (χ1) is 11.7. The number of nitrogens with one attached hydrogen (secondary N) is 1. The van der Waals surface area contributed by atoms with Gasteiger partial charge in [-0.3, -0.25) is 4.79 Å². The molecule has 2 rings (SSSR count). The van der Waals surface area contributed by atoms with E-state index in [-0.39, 0.29) is 5.91 Å². The molecule has 0 aliphatic carbocycles. The summed E-state index contributed by atoms with van der Waals surface area (Å²) in [7, 11) is 1.57. The highest BCUT2D eigenvalue weighted by atomic mass is 16.5. The summed E-state index contributed by atoms with van der Waals surface area (Å²) in [6.45, 7) is 4.39. The van der Waals surface area contributed by atoms with E-state index in [2.05, 4.69) is 5.32 Å². The van der Waals surface area contributed by atoms with Crippen molar-refractivity contribution < 1.29 is 19.0 Å². The molecule has 0 saturated heterocycles. The Labute approximate surface area is 142 Å². The third kappa shape index (κ3) is 4.65. The number of rotatable bonds is 8. The van der Waals surface area contributed by atoms with Crippen molar-refractivity contribution >= 4 is 11.6 Å². The molecule has 5 heteroatoms. The van der Waals surface area contributed by atoms with E-state index in [4.69, 9.17) is 14.2 Å². The molecule has 1 N–H and O–H groups in total. The maximum absolute atomic E-state index is 12.5. The topological polar surface area (TPSA) is 56.8 Å². The quantitative estimate of drug-likeness (QED) is 0.798. The Morgan fingerprint density at radius 1 is 1.08 bits per heavy atom. The average Bonchev–Trinajstić information content (AvgIpc) is 2.60. The normalized spacial score (nSPS) is 11.5. The summed E-state index contributed by atoms with van der Waals surface area (Å²) in [6.07, 6.45) is -0.0771. The molecule has 0 aromatic heterocycles. The smallest absolute Gasteiger partial charge is 0.265 e. The second-order valence-electron chi connectivity index (χ2n) is 5.12. The number of methoxy groups -OCH3 is 1. The molecule has 0 radical (unpaired) electrons. The lowest BCUT2D eigenvalue weighted by atomic mass is 10.2. The number of anilines is 1. The maximum atomic E-state index is 12.5. The second-order valence-corrected chi connectivity index (χ2v) is 5.12. The summed E-state index contributed by atoms with van der Waals surface area (Å²) in [5.74, 6) is 1.65. The second kappa shape index (κ2) is 8.82. The van der Waals surface area contributed by atoms with E-state index in [0.717, 1.165) is 0 Å². The Balaban J connectivity index is 2.07. The van der Waals surface area contributed by atoms with Gasteiger partial charge < -0.3 is 19.5 Å². The van der Waals surface area contributed by atoms with Crippen LogP contribution in [-0.4, -0.2) is 25.7 Å². The molecule has 1 amide bonds. The number of carbonyl (C=O) groups is 1. The molecule has 0 spiro atoms. The molecule has 0 bridgehead atoms. The number of hydrogen-bond donors (Lipinski definition) is 1. The van der Waals surface area contributed by atoms with E-state index in [1.54, 1.807) is 25.3 Å². The highest BCUT2D eigenvalue weighted by molar-refractivity contribution is 5.94. The minimum Gasteiger partial charge on any atom is -0.494 e. The van der Waals surface area contributed by atoms with Crippen molar-refractivity contribution in [2.75, 3.05) is 19.0 Å². The fraction of sp³-hybridized carbons (Fsp3) is 0.316. The summed E-state index contributed by atoms with van der Waals surface area (Å²) in [4.78, 5) is 12.5. The van der Waals surface area contributed by atoms with E-state index >= 15 is 0 Å². The van der Waals surface area contributed by atoms with Crippen LogP contribution in [0, 0.1) is 0 Å². The number of carbonyl (C=O) groups excluding carboxylic acids is 1. The van der Waals surface area contributed by atoms with Gasteiger partial charge in [0.25, 0.3) is 5.91 Å². The molecule has 0 heterocycles. The summed E-state index contributed by atoms with van der Waals surface area (Å²) in [5.41, 5.74) is 0.674. The minimum absolute atomic E-state index is 0.211. The molecular weight excluding hydrogens is 306 g/mol. The molecule has 5 nitrogen and oxygen atoms in total. The molecule has 0 saturated carbocycles. The molecule has 0 fully saturated rings. The SMILES string of the molecule is CCOc1cccc(NC(=O)[C@H](CC)Oc2ccccc2OC)c1. The minimum atomic E-state index is -0.614. The molecule has 0 aliphatic rings. The fourth-order valence-corrected chi connectivity index (χ4v) is 2.24. The first kappa shape index (κ1) is 17.7. The Bertz CT molecular complexity index is 672. The number of hydrogen-bond acceptors (Lipinski definition) is 4. The number of benzene rings is 2. The van der Waals surface area contributed by atoms with Gasteiger partial charge in [-0.1, -0.05) is 25.1 Å². The molecule has 2 aromatic carbocycles. The van der Waals surface area contributed by atoms with Crippen LogP contribution in [0.15, 0.2) is 48.5 Å². The van der Waals surface area contributed by atoms with E-state index in [1.165, 1.54) is 0 Å². The number of para-hydroxylation sites is 2. The zero-order valence-corrected chi connectivity index (χ0v) is 14.2. The van der Waals surface area contributed by atoms with Crippen molar-refractivity contribution in [3.8, 4) is 17.2 Å². The van der Waals surface area contributed by atoms with Gasteiger partial charge in [0.1, 0.15) is 5.75 Å². The monoisotopic (exact) mass is 329 g/mol. The summed E-state index contributed by atoms with van der Waals surface area (Å²) in [5, 5.41) is 2.86. The Morgan fingerprint density at radius 3 is 2.50 bits per heavy atom. The van der Waals surface area contributed by atoms with E-state index < -0.39 is 6.10 Å². The van der Waals surface area contributed by atoms with E-state index in [9.17, 15) is 4.79 Å². The standard InChI is InChI=1S/C19H23NO4/c1-4-16(24-18-12-7-6-11-17(18)22-3)19(21)20-14-9-8-10-15(13-14)23-5-2/h6-13,16H,4-5H2,1-3H3,(H,20,21)/t16-/m0/s1. The lowest BCUT2D eigenvalue weighted by Crippen LogP contribution is -2.32. The van der Waals surface area contributed by atoms with E-state index in [0.29, 0.717) is 36.0 Å². The summed E-state index contributed by atoms with van der Waals surface area (Å²) in [6, 6.07) is 14.6. The van der Waals surface area contributed by atoms with Crippen molar-refractivity contribution in [1.82, 2.24) is 0 Å².